The normalized spacial score (nSPS) is 14.6. The summed E-state index contributed by atoms with van der Waals surface area (Å²) in [6.45, 7) is 3.19. The molecule has 0 saturated carbocycles. The number of likely N-dealkylation sites (tertiary alicyclic amines) is 1. The molecule has 0 radical (unpaired) electrons. The molecule has 1 fully saturated rings. The number of amides is 2. The van der Waals surface area contributed by atoms with Gasteiger partial charge in [-0.25, -0.2) is 4.79 Å². The van der Waals surface area contributed by atoms with Gasteiger partial charge in [0, 0.05) is 32.9 Å². The van der Waals surface area contributed by atoms with Gasteiger partial charge in [0.1, 0.15) is 0 Å². The van der Waals surface area contributed by atoms with Gasteiger partial charge in [0.2, 0.25) is 5.89 Å². The van der Waals surface area contributed by atoms with Crippen LogP contribution in [0.2, 0.25) is 0 Å². The molecular formula is C15H19N5O2. The Labute approximate surface area is 128 Å². The third-order valence-corrected chi connectivity index (χ3v) is 3.65. The average molecular weight is 301 g/mol. The van der Waals surface area contributed by atoms with E-state index in [1.807, 2.05) is 45.3 Å². The largest absolute Gasteiger partial charge is 0.344 e. The zero-order valence-corrected chi connectivity index (χ0v) is 12.9. The molecule has 2 aromatic rings. The number of aromatic nitrogens is 2. The van der Waals surface area contributed by atoms with E-state index in [2.05, 4.69) is 15.5 Å². The van der Waals surface area contributed by atoms with E-state index in [4.69, 9.17) is 4.52 Å². The zero-order valence-electron chi connectivity index (χ0n) is 12.9. The molecule has 0 spiro atoms. The minimum absolute atomic E-state index is 0.104. The van der Waals surface area contributed by atoms with Gasteiger partial charge >= 0.3 is 6.03 Å². The Morgan fingerprint density at radius 1 is 1.32 bits per heavy atom. The topological polar surface area (TPSA) is 74.5 Å². The van der Waals surface area contributed by atoms with Crippen LogP contribution in [0.1, 0.15) is 17.4 Å². The van der Waals surface area contributed by atoms with Crippen molar-refractivity contribution in [3.63, 3.8) is 0 Å². The first-order chi connectivity index (χ1) is 10.5. The lowest BCUT2D eigenvalue weighted by Gasteiger charge is -2.36. The van der Waals surface area contributed by atoms with Gasteiger partial charge in [-0.15, -0.1) is 0 Å². The van der Waals surface area contributed by atoms with Crippen molar-refractivity contribution >= 4 is 17.7 Å². The fourth-order valence-corrected chi connectivity index (χ4v) is 2.21. The summed E-state index contributed by atoms with van der Waals surface area (Å²) in [5.74, 6) is 1.26. The van der Waals surface area contributed by atoms with E-state index in [-0.39, 0.29) is 11.9 Å². The molecule has 0 unspecified atom stereocenters. The number of hydrogen-bond donors (Lipinski definition) is 1. The lowest BCUT2D eigenvalue weighted by Crippen LogP contribution is -2.50. The van der Waals surface area contributed by atoms with Gasteiger partial charge in [-0.05, 0) is 24.2 Å². The Morgan fingerprint density at radius 2 is 2.00 bits per heavy atom. The van der Waals surface area contributed by atoms with Crippen molar-refractivity contribution in [3.05, 3.63) is 35.7 Å². The third-order valence-electron chi connectivity index (χ3n) is 3.65. The highest BCUT2D eigenvalue weighted by molar-refractivity contribution is 5.90. The maximum atomic E-state index is 12.1. The van der Waals surface area contributed by atoms with Gasteiger partial charge in [0.15, 0.2) is 0 Å². The molecule has 1 aromatic carbocycles. The number of urea groups is 1. The van der Waals surface area contributed by atoms with Crippen LogP contribution in [0, 0.1) is 6.92 Å². The van der Waals surface area contributed by atoms with E-state index in [1.165, 1.54) is 0 Å². The molecule has 1 saturated heterocycles. The van der Waals surface area contributed by atoms with Crippen molar-refractivity contribution in [3.8, 4) is 0 Å². The number of nitrogens with one attached hydrogen (secondary N) is 1. The molecule has 7 heteroatoms. The summed E-state index contributed by atoms with van der Waals surface area (Å²) >= 11 is 0. The Bertz CT molecular complexity index is 659. The minimum Gasteiger partial charge on any atom is -0.344 e. The number of benzene rings is 1. The maximum Gasteiger partial charge on any atom is 0.321 e. The second kappa shape index (κ2) is 5.67. The molecule has 1 aliphatic heterocycles. The smallest absolute Gasteiger partial charge is 0.321 e. The highest BCUT2D eigenvalue weighted by Crippen LogP contribution is 2.27. The Hall–Kier alpha value is -2.57. The van der Waals surface area contributed by atoms with Crippen molar-refractivity contribution in [2.45, 2.75) is 12.8 Å². The van der Waals surface area contributed by atoms with Crippen LogP contribution in [-0.2, 0) is 0 Å². The Kier molecular flexibility index (Phi) is 3.70. The molecule has 0 atom stereocenters. The van der Waals surface area contributed by atoms with E-state index < -0.39 is 0 Å². The van der Waals surface area contributed by atoms with E-state index in [1.54, 1.807) is 9.80 Å². The molecule has 2 heterocycles. The predicted molar refractivity (Wildman–Crippen MR) is 83.1 cm³/mol. The number of nitrogens with zero attached hydrogens (tertiary/aromatic N) is 4. The summed E-state index contributed by atoms with van der Waals surface area (Å²) in [6.07, 6.45) is 0. The Morgan fingerprint density at radius 3 is 2.59 bits per heavy atom. The fourth-order valence-electron chi connectivity index (χ4n) is 2.21. The molecule has 1 aliphatic rings. The van der Waals surface area contributed by atoms with Crippen molar-refractivity contribution in [1.82, 2.24) is 15.0 Å². The SMILES string of the molecule is Cc1ccc(NC(=O)N2CC(c3nc(N(C)C)no3)C2)cc1. The third kappa shape index (κ3) is 2.88. The maximum absolute atomic E-state index is 12.1. The summed E-state index contributed by atoms with van der Waals surface area (Å²) < 4.78 is 5.23. The number of hydrogen-bond acceptors (Lipinski definition) is 5. The van der Waals surface area contributed by atoms with E-state index in [0.29, 0.717) is 24.9 Å². The summed E-state index contributed by atoms with van der Waals surface area (Å²) in [7, 11) is 3.72. The summed E-state index contributed by atoms with van der Waals surface area (Å²) in [5, 5.41) is 6.76. The van der Waals surface area contributed by atoms with Gasteiger partial charge in [-0.3, -0.25) is 0 Å². The van der Waals surface area contributed by atoms with Crippen molar-refractivity contribution in [2.24, 2.45) is 0 Å². The highest BCUT2D eigenvalue weighted by Gasteiger charge is 2.35. The highest BCUT2D eigenvalue weighted by atomic mass is 16.5. The van der Waals surface area contributed by atoms with Crippen LogP contribution in [0.25, 0.3) is 0 Å². The van der Waals surface area contributed by atoms with Crippen LogP contribution < -0.4 is 10.2 Å². The fraction of sp³-hybridized carbons (Fsp3) is 0.400. The number of anilines is 2. The second-order valence-electron chi connectivity index (χ2n) is 5.73. The van der Waals surface area contributed by atoms with Crippen LogP contribution in [0.5, 0.6) is 0 Å². The number of rotatable bonds is 3. The quantitative estimate of drug-likeness (QED) is 0.939. The Balaban J connectivity index is 1.53. The molecule has 0 aliphatic carbocycles. The predicted octanol–water partition coefficient (Wildman–Crippen LogP) is 2.08. The molecule has 22 heavy (non-hydrogen) atoms. The molecule has 3 rings (SSSR count). The van der Waals surface area contributed by atoms with Crippen molar-refractivity contribution in [1.29, 1.82) is 0 Å². The van der Waals surface area contributed by atoms with E-state index in [9.17, 15) is 4.79 Å². The zero-order chi connectivity index (χ0) is 15.7. The standard InChI is InChI=1S/C15H19N5O2/c1-10-4-6-12(7-5-10)16-15(21)20-8-11(9-20)13-17-14(18-22-13)19(2)3/h4-7,11H,8-9H2,1-3H3,(H,16,21). The molecule has 7 nitrogen and oxygen atoms in total. The monoisotopic (exact) mass is 301 g/mol. The van der Waals surface area contributed by atoms with Gasteiger partial charge in [0.05, 0.1) is 5.92 Å². The first kappa shape index (κ1) is 14.4. The van der Waals surface area contributed by atoms with Gasteiger partial charge in [-0.1, -0.05) is 17.7 Å². The van der Waals surface area contributed by atoms with Crippen LogP contribution in [0.15, 0.2) is 28.8 Å². The molecule has 116 valence electrons. The van der Waals surface area contributed by atoms with Gasteiger partial charge in [0.25, 0.3) is 5.95 Å². The first-order valence-corrected chi connectivity index (χ1v) is 7.16. The number of aryl methyl sites for hydroxylation is 1. The summed E-state index contributed by atoms with van der Waals surface area (Å²) in [5.41, 5.74) is 1.96. The lowest BCUT2D eigenvalue weighted by molar-refractivity contribution is 0.147. The van der Waals surface area contributed by atoms with Crippen LogP contribution in [0.3, 0.4) is 0 Å². The molecule has 1 aromatic heterocycles. The number of carbonyl (C=O) groups is 1. The molecule has 0 bridgehead atoms. The van der Waals surface area contributed by atoms with Crippen LogP contribution >= 0.6 is 0 Å². The van der Waals surface area contributed by atoms with Crippen LogP contribution in [-0.4, -0.2) is 48.3 Å². The van der Waals surface area contributed by atoms with E-state index >= 15 is 0 Å². The van der Waals surface area contributed by atoms with Crippen LogP contribution in [0.4, 0.5) is 16.4 Å². The van der Waals surface area contributed by atoms with Crippen molar-refractivity contribution in [2.75, 3.05) is 37.4 Å². The first-order valence-electron chi connectivity index (χ1n) is 7.16. The van der Waals surface area contributed by atoms with Gasteiger partial charge < -0.3 is 19.6 Å². The second-order valence-corrected chi connectivity index (χ2v) is 5.73. The summed E-state index contributed by atoms with van der Waals surface area (Å²) in [6, 6.07) is 7.62. The number of carbonyl (C=O) groups excluding carboxylic acids is 1. The lowest BCUT2D eigenvalue weighted by atomic mass is 10.0. The van der Waals surface area contributed by atoms with Gasteiger partial charge in [-0.2, -0.15) is 4.98 Å². The minimum atomic E-state index is -0.104. The van der Waals surface area contributed by atoms with E-state index in [0.717, 1.165) is 11.3 Å². The average Bonchev–Trinajstić information content (AvgIpc) is 2.89. The molecule has 1 N–H and O–H groups in total. The molecular weight excluding hydrogens is 282 g/mol. The summed E-state index contributed by atoms with van der Waals surface area (Å²) in [4.78, 5) is 19.9. The molecule has 2 amide bonds. The van der Waals surface area contributed by atoms with Crippen molar-refractivity contribution < 1.29 is 9.32 Å².